The van der Waals surface area contributed by atoms with Crippen molar-refractivity contribution in [2.75, 3.05) is 46.4 Å². The van der Waals surface area contributed by atoms with Crippen molar-refractivity contribution < 1.29 is 5.11 Å². The number of rotatable bonds is 6. The van der Waals surface area contributed by atoms with Crippen molar-refractivity contribution in [3.05, 3.63) is 0 Å². The number of likely N-dealkylation sites (N-methyl/N-ethyl adjacent to an activating group) is 1. The second-order valence-corrected chi connectivity index (χ2v) is 5.48. The SMILES string of the molecule is CCC(N)(CO)CCCN1CCCN(C)CC1. The predicted molar refractivity (Wildman–Crippen MR) is 72.1 cm³/mol. The minimum absolute atomic E-state index is 0.103. The fraction of sp³-hybridized carbons (Fsp3) is 1.00. The summed E-state index contributed by atoms with van der Waals surface area (Å²) in [6, 6.07) is 0. The zero-order valence-corrected chi connectivity index (χ0v) is 11.5. The van der Waals surface area contributed by atoms with Crippen LogP contribution in [0.5, 0.6) is 0 Å². The van der Waals surface area contributed by atoms with E-state index in [1.165, 1.54) is 32.6 Å². The standard InChI is InChI=1S/C13H29N3O/c1-3-13(14,12-17)6-4-8-16-9-5-7-15(2)10-11-16/h17H,3-12,14H2,1-2H3. The van der Waals surface area contributed by atoms with Crippen LogP contribution >= 0.6 is 0 Å². The van der Waals surface area contributed by atoms with E-state index in [0.717, 1.165) is 25.8 Å². The molecule has 0 saturated carbocycles. The zero-order chi connectivity index (χ0) is 12.7. The summed E-state index contributed by atoms with van der Waals surface area (Å²) >= 11 is 0. The lowest BCUT2D eigenvalue weighted by Crippen LogP contribution is -2.43. The normalized spacial score (nSPS) is 23.3. The van der Waals surface area contributed by atoms with E-state index >= 15 is 0 Å². The molecule has 1 fully saturated rings. The molecule has 1 aliphatic heterocycles. The highest BCUT2D eigenvalue weighted by Gasteiger charge is 2.21. The lowest BCUT2D eigenvalue weighted by atomic mass is 9.92. The molecule has 17 heavy (non-hydrogen) atoms. The molecular formula is C13H29N3O. The molecule has 1 saturated heterocycles. The van der Waals surface area contributed by atoms with E-state index < -0.39 is 0 Å². The molecule has 0 aromatic heterocycles. The van der Waals surface area contributed by atoms with Crippen molar-refractivity contribution in [1.82, 2.24) is 9.80 Å². The smallest absolute Gasteiger partial charge is 0.0611 e. The molecule has 0 radical (unpaired) electrons. The van der Waals surface area contributed by atoms with Crippen LogP contribution in [0.1, 0.15) is 32.6 Å². The summed E-state index contributed by atoms with van der Waals surface area (Å²) in [6.45, 7) is 8.02. The highest BCUT2D eigenvalue weighted by Crippen LogP contribution is 2.14. The molecule has 4 nitrogen and oxygen atoms in total. The Kier molecular flexibility index (Phi) is 6.41. The molecule has 1 atom stereocenters. The first-order chi connectivity index (χ1) is 8.09. The Hall–Kier alpha value is -0.160. The Labute approximate surface area is 106 Å². The van der Waals surface area contributed by atoms with Crippen LogP contribution in [-0.4, -0.2) is 66.8 Å². The van der Waals surface area contributed by atoms with Gasteiger partial charge in [0.25, 0.3) is 0 Å². The van der Waals surface area contributed by atoms with Crippen molar-refractivity contribution in [2.24, 2.45) is 5.73 Å². The third-order valence-corrected chi connectivity index (χ3v) is 3.98. The molecule has 0 bridgehead atoms. The van der Waals surface area contributed by atoms with Gasteiger partial charge in [-0.2, -0.15) is 0 Å². The highest BCUT2D eigenvalue weighted by atomic mass is 16.3. The molecule has 1 unspecified atom stereocenters. The monoisotopic (exact) mass is 243 g/mol. The highest BCUT2D eigenvalue weighted by molar-refractivity contribution is 4.82. The van der Waals surface area contributed by atoms with E-state index in [4.69, 9.17) is 5.73 Å². The Morgan fingerprint density at radius 1 is 1.24 bits per heavy atom. The number of aliphatic hydroxyl groups is 1. The van der Waals surface area contributed by atoms with Gasteiger partial charge in [0.2, 0.25) is 0 Å². The van der Waals surface area contributed by atoms with Crippen LogP contribution < -0.4 is 5.73 Å². The number of aliphatic hydroxyl groups excluding tert-OH is 1. The van der Waals surface area contributed by atoms with Gasteiger partial charge in [-0.15, -0.1) is 0 Å². The Morgan fingerprint density at radius 2 is 2.00 bits per heavy atom. The van der Waals surface area contributed by atoms with Gasteiger partial charge in [0.15, 0.2) is 0 Å². The molecular weight excluding hydrogens is 214 g/mol. The lowest BCUT2D eigenvalue weighted by Gasteiger charge is -2.27. The first-order valence-corrected chi connectivity index (χ1v) is 6.90. The molecule has 0 spiro atoms. The van der Waals surface area contributed by atoms with Gasteiger partial charge in [0.05, 0.1) is 6.61 Å². The van der Waals surface area contributed by atoms with Gasteiger partial charge in [0.1, 0.15) is 0 Å². The summed E-state index contributed by atoms with van der Waals surface area (Å²) < 4.78 is 0. The first-order valence-electron chi connectivity index (χ1n) is 6.90. The number of hydrogen-bond acceptors (Lipinski definition) is 4. The molecule has 3 N–H and O–H groups in total. The van der Waals surface area contributed by atoms with Crippen molar-refractivity contribution in [3.63, 3.8) is 0 Å². The van der Waals surface area contributed by atoms with Crippen LogP contribution in [0.3, 0.4) is 0 Å². The minimum Gasteiger partial charge on any atom is -0.394 e. The van der Waals surface area contributed by atoms with Crippen LogP contribution in [0.25, 0.3) is 0 Å². The van der Waals surface area contributed by atoms with Gasteiger partial charge in [-0.25, -0.2) is 0 Å². The molecule has 1 aliphatic rings. The molecule has 102 valence electrons. The van der Waals surface area contributed by atoms with E-state index in [2.05, 4.69) is 23.8 Å². The van der Waals surface area contributed by atoms with Gasteiger partial charge < -0.3 is 20.6 Å². The summed E-state index contributed by atoms with van der Waals surface area (Å²) in [5, 5.41) is 9.26. The maximum atomic E-state index is 9.26. The van der Waals surface area contributed by atoms with Crippen molar-refractivity contribution in [3.8, 4) is 0 Å². The molecule has 4 heteroatoms. The van der Waals surface area contributed by atoms with Gasteiger partial charge in [-0.3, -0.25) is 0 Å². The summed E-state index contributed by atoms with van der Waals surface area (Å²) in [5.41, 5.74) is 5.73. The second kappa shape index (κ2) is 7.31. The number of nitrogens with zero attached hydrogens (tertiary/aromatic N) is 2. The van der Waals surface area contributed by atoms with Crippen molar-refractivity contribution >= 4 is 0 Å². The van der Waals surface area contributed by atoms with Crippen molar-refractivity contribution in [1.29, 1.82) is 0 Å². The van der Waals surface area contributed by atoms with E-state index in [9.17, 15) is 5.11 Å². The molecule has 1 heterocycles. The van der Waals surface area contributed by atoms with E-state index in [-0.39, 0.29) is 12.1 Å². The second-order valence-electron chi connectivity index (χ2n) is 5.48. The minimum atomic E-state index is -0.358. The van der Waals surface area contributed by atoms with Crippen LogP contribution in [0.15, 0.2) is 0 Å². The van der Waals surface area contributed by atoms with Crippen LogP contribution in [0, 0.1) is 0 Å². The summed E-state index contributed by atoms with van der Waals surface area (Å²) in [6.07, 6.45) is 4.13. The third kappa shape index (κ3) is 5.34. The quantitative estimate of drug-likeness (QED) is 0.713. The average molecular weight is 243 g/mol. The zero-order valence-electron chi connectivity index (χ0n) is 11.5. The van der Waals surface area contributed by atoms with Crippen LogP contribution in [0.4, 0.5) is 0 Å². The molecule has 0 aromatic rings. The summed E-state index contributed by atoms with van der Waals surface area (Å²) in [7, 11) is 2.19. The van der Waals surface area contributed by atoms with Crippen LogP contribution in [-0.2, 0) is 0 Å². The maximum absolute atomic E-state index is 9.26. The Morgan fingerprint density at radius 3 is 2.65 bits per heavy atom. The van der Waals surface area contributed by atoms with E-state index in [0.29, 0.717) is 0 Å². The summed E-state index contributed by atoms with van der Waals surface area (Å²) in [5.74, 6) is 0. The average Bonchev–Trinajstić information content (AvgIpc) is 2.54. The molecule has 0 amide bonds. The van der Waals surface area contributed by atoms with Gasteiger partial charge in [-0.05, 0) is 52.4 Å². The van der Waals surface area contributed by atoms with E-state index in [1.54, 1.807) is 0 Å². The summed E-state index contributed by atoms with van der Waals surface area (Å²) in [4.78, 5) is 4.92. The maximum Gasteiger partial charge on any atom is 0.0611 e. The fourth-order valence-electron chi connectivity index (χ4n) is 2.35. The number of hydrogen-bond donors (Lipinski definition) is 2. The fourth-order valence-corrected chi connectivity index (χ4v) is 2.35. The lowest BCUT2D eigenvalue weighted by molar-refractivity contribution is 0.172. The van der Waals surface area contributed by atoms with Gasteiger partial charge in [-0.1, -0.05) is 6.92 Å². The Balaban J connectivity index is 2.21. The van der Waals surface area contributed by atoms with E-state index in [1.807, 2.05) is 0 Å². The third-order valence-electron chi connectivity index (χ3n) is 3.98. The van der Waals surface area contributed by atoms with Gasteiger partial charge >= 0.3 is 0 Å². The molecule has 1 rings (SSSR count). The first kappa shape index (κ1) is 14.9. The number of nitrogens with two attached hydrogens (primary N) is 1. The largest absolute Gasteiger partial charge is 0.394 e. The molecule has 0 aliphatic carbocycles. The predicted octanol–water partition coefficient (Wildman–Crippen LogP) is 0.504. The van der Waals surface area contributed by atoms with Crippen LogP contribution in [0.2, 0.25) is 0 Å². The Bertz CT molecular complexity index is 207. The van der Waals surface area contributed by atoms with Gasteiger partial charge in [0, 0.05) is 18.6 Å². The molecule has 0 aromatic carbocycles. The van der Waals surface area contributed by atoms with Crippen molar-refractivity contribution in [2.45, 2.75) is 38.1 Å². The topological polar surface area (TPSA) is 52.7 Å².